The van der Waals surface area contributed by atoms with Crippen LogP contribution in [-0.2, 0) is 4.79 Å². The largest absolute Gasteiger partial charge is 0.325 e. The van der Waals surface area contributed by atoms with Gasteiger partial charge in [0.05, 0.1) is 10.8 Å². The molecule has 146 valence electrons. The highest BCUT2D eigenvalue weighted by atomic mass is 35.5. The van der Waals surface area contributed by atoms with Gasteiger partial charge in [-0.3, -0.25) is 14.5 Å². The van der Waals surface area contributed by atoms with E-state index in [-0.39, 0.29) is 16.7 Å². The quantitative estimate of drug-likeness (QED) is 0.470. The Labute approximate surface area is 174 Å². The van der Waals surface area contributed by atoms with E-state index in [0.717, 1.165) is 5.56 Å². The van der Waals surface area contributed by atoms with Gasteiger partial charge >= 0.3 is 0 Å². The molecule has 4 rings (SSSR count). The molecule has 0 aliphatic heterocycles. The van der Waals surface area contributed by atoms with Crippen LogP contribution < -0.4 is 5.32 Å². The summed E-state index contributed by atoms with van der Waals surface area (Å²) in [6.45, 7) is 0. The molecule has 29 heavy (non-hydrogen) atoms. The lowest BCUT2D eigenvalue weighted by molar-refractivity contribution is -0.113. The zero-order valence-corrected chi connectivity index (χ0v) is 16.4. The summed E-state index contributed by atoms with van der Waals surface area (Å²) < 4.78 is 16.9. The molecule has 0 spiro atoms. The molecule has 0 aliphatic carbocycles. The molecule has 0 saturated carbocycles. The summed E-state index contributed by atoms with van der Waals surface area (Å²) in [6.07, 6.45) is 7.09. The van der Waals surface area contributed by atoms with Crippen molar-refractivity contribution >= 4 is 35.0 Å². The minimum atomic E-state index is -0.540. The van der Waals surface area contributed by atoms with E-state index in [1.807, 2.05) is 41.3 Å². The molecule has 0 aliphatic rings. The Bertz CT molecular complexity index is 1130. The van der Waals surface area contributed by atoms with E-state index in [0.29, 0.717) is 16.7 Å². The first-order valence-electron chi connectivity index (χ1n) is 8.49. The number of halogens is 2. The Balaban J connectivity index is 1.53. The lowest BCUT2D eigenvalue weighted by atomic mass is 10.3. The minimum absolute atomic E-state index is 0.0519. The van der Waals surface area contributed by atoms with Gasteiger partial charge in [-0.2, -0.15) is 0 Å². The average Bonchev–Trinajstić information content (AvgIpc) is 3.39. The van der Waals surface area contributed by atoms with Crippen molar-refractivity contribution in [2.24, 2.45) is 0 Å². The van der Waals surface area contributed by atoms with Crippen LogP contribution in [0.15, 0.2) is 72.4 Å². The molecular weight excluding hydrogens is 415 g/mol. The van der Waals surface area contributed by atoms with Crippen LogP contribution in [0, 0.1) is 5.82 Å². The number of benzene rings is 1. The number of pyridine rings is 1. The van der Waals surface area contributed by atoms with E-state index in [9.17, 15) is 9.18 Å². The van der Waals surface area contributed by atoms with Crippen molar-refractivity contribution in [3.63, 3.8) is 0 Å². The van der Waals surface area contributed by atoms with E-state index in [1.165, 1.54) is 30.0 Å². The highest BCUT2D eigenvalue weighted by Gasteiger charge is 2.17. The van der Waals surface area contributed by atoms with Crippen LogP contribution in [0.1, 0.15) is 0 Å². The van der Waals surface area contributed by atoms with Crippen LogP contribution in [-0.4, -0.2) is 36.2 Å². The third kappa shape index (κ3) is 4.30. The first-order chi connectivity index (χ1) is 14.1. The van der Waals surface area contributed by atoms with E-state index < -0.39 is 5.82 Å². The van der Waals surface area contributed by atoms with Gasteiger partial charge in [-0.1, -0.05) is 23.4 Å². The SMILES string of the molecule is O=C(CSc1nnc(-c2cccnc2)n1-n1cccc1)Nc1ccc(F)c(Cl)c1. The third-order valence-corrected chi connectivity index (χ3v) is 5.10. The van der Waals surface area contributed by atoms with Crippen molar-refractivity contribution in [1.29, 1.82) is 0 Å². The fourth-order valence-electron chi connectivity index (χ4n) is 2.60. The molecular formula is C19H14ClFN6OS. The fourth-order valence-corrected chi connectivity index (χ4v) is 3.51. The second kappa shape index (κ2) is 8.46. The normalized spacial score (nSPS) is 10.8. The van der Waals surface area contributed by atoms with Gasteiger partial charge < -0.3 is 5.32 Å². The highest BCUT2D eigenvalue weighted by Crippen LogP contribution is 2.24. The summed E-state index contributed by atoms with van der Waals surface area (Å²) in [7, 11) is 0. The maximum Gasteiger partial charge on any atom is 0.234 e. The summed E-state index contributed by atoms with van der Waals surface area (Å²) in [5, 5.41) is 11.7. The smallest absolute Gasteiger partial charge is 0.234 e. The predicted molar refractivity (Wildman–Crippen MR) is 109 cm³/mol. The standard InChI is InChI=1S/C19H14ClFN6OS/c20-15-10-14(5-6-16(15)21)23-17(28)12-29-19-25-24-18(13-4-3-7-22-11-13)27(19)26-8-1-2-9-26/h1-11H,12H2,(H,23,28). The molecule has 1 aromatic carbocycles. The molecule has 0 radical (unpaired) electrons. The first kappa shape index (κ1) is 19.2. The lowest BCUT2D eigenvalue weighted by Crippen LogP contribution is -2.16. The summed E-state index contributed by atoms with van der Waals surface area (Å²) in [4.78, 5) is 16.4. The number of amides is 1. The predicted octanol–water partition coefficient (Wildman–Crippen LogP) is 3.98. The third-order valence-electron chi connectivity index (χ3n) is 3.89. The molecule has 0 atom stereocenters. The number of thioether (sulfide) groups is 1. The van der Waals surface area contributed by atoms with Gasteiger partial charge in [0.2, 0.25) is 11.1 Å². The number of nitrogens with one attached hydrogen (secondary N) is 1. The summed E-state index contributed by atoms with van der Waals surface area (Å²) >= 11 is 6.97. The molecule has 10 heteroatoms. The topological polar surface area (TPSA) is 77.6 Å². The maximum absolute atomic E-state index is 13.3. The molecule has 4 aromatic rings. The number of nitrogens with zero attached hydrogens (tertiary/aromatic N) is 5. The molecule has 0 bridgehead atoms. The number of carbonyl (C=O) groups is 1. The molecule has 1 amide bonds. The Hall–Kier alpha value is -3.17. The van der Waals surface area contributed by atoms with Crippen molar-refractivity contribution in [2.75, 3.05) is 11.1 Å². The number of hydrogen-bond acceptors (Lipinski definition) is 5. The van der Waals surface area contributed by atoms with E-state index >= 15 is 0 Å². The maximum atomic E-state index is 13.3. The van der Waals surface area contributed by atoms with Gasteiger partial charge in [-0.15, -0.1) is 10.2 Å². The van der Waals surface area contributed by atoms with Crippen LogP contribution in [0.25, 0.3) is 11.4 Å². The molecule has 0 fully saturated rings. The average molecular weight is 429 g/mol. The Morgan fingerprint density at radius 3 is 2.72 bits per heavy atom. The van der Waals surface area contributed by atoms with Crippen molar-refractivity contribution in [2.45, 2.75) is 5.16 Å². The molecule has 7 nitrogen and oxygen atoms in total. The van der Waals surface area contributed by atoms with Crippen LogP contribution in [0.4, 0.5) is 10.1 Å². The summed E-state index contributed by atoms with van der Waals surface area (Å²) in [6, 6.07) is 11.5. The van der Waals surface area contributed by atoms with Crippen molar-refractivity contribution < 1.29 is 9.18 Å². The van der Waals surface area contributed by atoms with Gasteiger partial charge in [0.1, 0.15) is 5.82 Å². The Morgan fingerprint density at radius 2 is 2.00 bits per heavy atom. The lowest BCUT2D eigenvalue weighted by Gasteiger charge is -2.11. The van der Waals surface area contributed by atoms with Gasteiger partial charge in [-0.05, 0) is 42.5 Å². The van der Waals surface area contributed by atoms with Gasteiger partial charge in [0.15, 0.2) is 5.82 Å². The first-order valence-corrected chi connectivity index (χ1v) is 9.85. The monoisotopic (exact) mass is 428 g/mol. The van der Waals surface area contributed by atoms with Gasteiger partial charge in [0, 0.05) is 36.0 Å². The summed E-state index contributed by atoms with van der Waals surface area (Å²) in [5.74, 6) is -0.131. The molecule has 0 unspecified atom stereocenters. The molecule has 3 heterocycles. The van der Waals surface area contributed by atoms with E-state index in [2.05, 4.69) is 20.5 Å². The Kier molecular flexibility index (Phi) is 5.59. The van der Waals surface area contributed by atoms with Crippen LogP contribution in [0.3, 0.4) is 0 Å². The van der Waals surface area contributed by atoms with Crippen molar-refractivity contribution in [3.05, 3.63) is 78.1 Å². The second-order valence-corrected chi connectivity index (χ2v) is 7.24. The second-order valence-electron chi connectivity index (χ2n) is 5.89. The number of rotatable bonds is 6. The highest BCUT2D eigenvalue weighted by molar-refractivity contribution is 7.99. The Morgan fingerprint density at radius 1 is 1.17 bits per heavy atom. The summed E-state index contributed by atoms with van der Waals surface area (Å²) in [5.41, 5.74) is 1.22. The molecule has 0 saturated heterocycles. The zero-order valence-electron chi connectivity index (χ0n) is 14.9. The van der Waals surface area contributed by atoms with Crippen molar-refractivity contribution in [1.82, 2.24) is 24.5 Å². The zero-order chi connectivity index (χ0) is 20.2. The van der Waals surface area contributed by atoms with Crippen LogP contribution >= 0.6 is 23.4 Å². The van der Waals surface area contributed by atoms with Gasteiger partial charge in [0.25, 0.3) is 0 Å². The van der Waals surface area contributed by atoms with Crippen LogP contribution in [0.5, 0.6) is 0 Å². The van der Waals surface area contributed by atoms with Crippen LogP contribution in [0.2, 0.25) is 5.02 Å². The molecule has 3 aromatic heterocycles. The van der Waals surface area contributed by atoms with E-state index in [4.69, 9.17) is 11.6 Å². The molecule has 1 N–H and O–H groups in total. The number of carbonyl (C=O) groups excluding carboxylic acids is 1. The number of anilines is 1. The van der Waals surface area contributed by atoms with Gasteiger partial charge in [-0.25, -0.2) is 9.07 Å². The van der Waals surface area contributed by atoms with Crippen molar-refractivity contribution in [3.8, 4) is 11.4 Å². The minimum Gasteiger partial charge on any atom is -0.325 e. The number of aromatic nitrogens is 5. The fraction of sp³-hybridized carbons (Fsp3) is 0.0526. The number of hydrogen-bond donors (Lipinski definition) is 1. The van der Waals surface area contributed by atoms with E-state index in [1.54, 1.807) is 17.1 Å².